The van der Waals surface area contributed by atoms with Crippen molar-refractivity contribution in [1.82, 2.24) is 39.7 Å². The number of rotatable bonds is 7. The summed E-state index contributed by atoms with van der Waals surface area (Å²) in [7, 11) is -4.36. The van der Waals surface area contributed by atoms with Crippen molar-refractivity contribution in [3.05, 3.63) is 43.5 Å². The van der Waals surface area contributed by atoms with Crippen LogP contribution in [0, 0.1) is 16.7 Å². The van der Waals surface area contributed by atoms with Gasteiger partial charge in [-0.05, 0) is 50.3 Å². The van der Waals surface area contributed by atoms with Crippen LogP contribution in [0.5, 0.6) is 0 Å². The minimum absolute atomic E-state index is 0.0802. The Balaban J connectivity index is 1.38. The van der Waals surface area contributed by atoms with Crippen LogP contribution in [-0.2, 0) is 19.4 Å². The van der Waals surface area contributed by atoms with E-state index in [9.17, 15) is 36.4 Å². The van der Waals surface area contributed by atoms with Gasteiger partial charge in [0.05, 0.1) is 27.6 Å². The van der Waals surface area contributed by atoms with Gasteiger partial charge in [0.25, 0.3) is 0 Å². The Bertz CT molecular complexity index is 1660. The van der Waals surface area contributed by atoms with E-state index in [1.54, 1.807) is 0 Å². The lowest BCUT2D eigenvalue weighted by atomic mass is 10.0. The largest absolute Gasteiger partial charge is 0.403 e. The van der Waals surface area contributed by atoms with Crippen molar-refractivity contribution in [1.29, 1.82) is 5.26 Å². The van der Waals surface area contributed by atoms with E-state index in [4.69, 9.17) is 0 Å². The van der Waals surface area contributed by atoms with Gasteiger partial charge in [-0.25, -0.2) is 27.7 Å². The summed E-state index contributed by atoms with van der Waals surface area (Å²) in [6, 6.07) is 4.71. The zero-order valence-corrected chi connectivity index (χ0v) is 22.0. The zero-order valence-electron chi connectivity index (χ0n) is 21.2. The minimum Gasteiger partial charge on any atom is -0.336 e. The zero-order chi connectivity index (χ0) is 29.2. The van der Waals surface area contributed by atoms with E-state index in [0.29, 0.717) is 18.5 Å². The van der Waals surface area contributed by atoms with Gasteiger partial charge in [-0.3, -0.25) is 9.59 Å². The summed E-state index contributed by atoms with van der Waals surface area (Å²) in [4.78, 5) is 34.8. The number of halogens is 3. The number of carbonyl (C=O) groups is 2. The summed E-state index contributed by atoms with van der Waals surface area (Å²) in [5.74, 6) is -2.19. The van der Waals surface area contributed by atoms with E-state index in [1.807, 2.05) is 6.07 Å². The SMILES string of the molecule is N#CC1(NC(=O)C2CC(S(=O)(=O)c3ccc(-n4cncn4)cc3-n3cncn3)CN2C(=O)C2(C(F)(F)F)CC2)CC1. The molecule has 0 radical (unpaired) electrons. The fourth-order valence-electron chi connectivity index (χ4n) is 5.14. The second kappa shape index (κ2) is 9.09. The fourth-order valence-corrected chi connectivity index (χ4v) is 7.00. The molecule has 41 heavy (non-hydrogen) atoms. The van der Waals surface area contributed by atoms with Crippen molar-refractivity contribution in [3.8, 4) is 17.4 Å². The van der Waals surface area contributed by atoms with Crippen LogP contribution in [0.3, 0.4) is 0 Å². The summed E-state index contributed by atoms with van der Waals surface area (Å²) in [5, 5.41) is 18.6. The highest BCUT2D eigenvalue weighted by Crippen LogP contribution is 2.59. The van der Waals surface area contributed by atoms with Crippen LogP contribution in [0.25, 0.3) is 11.4 Å². The van der Waals surface area contributed by atoms with Gasteiger partial charge < -0.3 is 10.2 Å². The van der Waals surface area contributed by atoms with Gasteiger partial charge in [-0.1, -0.05) is 0 Å². The molecule has 2 unspecified atom stereocenters. The van der Waals surface area contributed by atoms with E-state index in [1.165, 1.54) is 52.9 Å². The molecule has 1 aliphatic heterocycles. The fraction of sp³-hybridized carbons (Fsp3) is 0.458. The highest BCUT2D eigenvalue weighted by molar-refractivity contribution is 7.92. The average Bonchev–Trinajstić information content (AvgIpc) is 3.64. The molecule has 3 heterocycles. The maximum atomic E-state index is 14.1. The quantitative estimate of drug-likeness (QED) is 0.424. The first-order valence-electron chi connectivity index (χ1n) is 12.6. The maximum absolute atomic E-state index is 14.1. The molecule has 214 valence electrons. The third-order valence-electron chi connectivity index (χ3n) is 7.89. The highest BCUT2D eigenvalue weighted by Gasteiger charge is 2.70. The molecule has 3 aromatic rings. The molecule has 2 aromatic heterocycles. The minimum atomic E-state index is -4.86. The number of benzene rings is 1. The van der Waals surface area contributed by atoms with Crippen molar-refractivity contribution in [2.24, 2.45) is 5.41 Å². The molecule has 2 saturated carbocycles. The van der Waals surface area contributed by atoms with Gasteiger partial charge in [-0.2, -0.15) is 28.6 Å². The molecule has 2 amide bonds. The number of nitriles is 1. The van der Waals surface area contributed by atoms with Gasteiger partial charge in [0, 0.05) is 6.54 Å². The summed E-state index contributed by atoms with van der Waals surface area (Å²) in [5.41, 5.74) is -3.29. The van der Waals surface area contributed by atoms with Crippen LogP contribution >= 0.6 is 0 Å². The van der Waals surface area contributed by atoms with Gasteiger partial charge in [0.15, 0.2) is 9.84 Å². The maximum Gasteiger partial charge on any atom is 0.403 e. The monoisotopic (exact) mass is 589 g/mol. The number of hydrogen-bond acceptors (Lipinski definition) is 9. The average molecular weight is 590 g/mol. The second-order valence-corrected chi connectivity index (χ2v) is 12.7. The Labute approximate surface area is 230 Å². The Kier molecular flexibility index (Phi) is 5.96. The van der Waals surface area contributed by atoms with Crippen molar-refractivity contribution < 1.29 is 31.2 Å². The molecule has 6 rings (SSSR count). The Morgan fingerprint density at radius 2 is 1.71 bits per heavy atom. The predicted octanol–water partition coefficient (Wildman–Crippen LogP) is 1.11. The molecule has 3 aliphatic rings. The molecule has 17 heteroatoms. The van der Waals surface area contributed by atoms with Crippen molar-refractivity contribution in [2.75, 3.05) is 6.54 Å². The summed E-state index contributed by atoms with van der Waals surface area (Å²) >= 11 is 0. The number of carbonyl (C=O) groups excluding carboxylic acids is 2. The topological polar surface area (TPSA) is 169 Å². The number of aromatic nitrogens is 6. The first kappa shape index (κ1) is 26.9. The second-order valence-electron chi connectivity index (χ2n) is 10.5. The summed E-state index contributed by atoms with van der Waals surface area (Å²) < 4.78 is 72.4. The third kappa shape index (κ3) is 4.42. The van der Waals surface area contributed by atoms with E-state index in [0.717, 1.165) is 4.90 Å². The first-order chi connectivity index (χ1) is 19.4. The standard InChI is InChI=1S/C24H22F3N9O4S/c25-24(26,27)23(5-6-23)21(38)34-9-16(8-18(34)20(37)33-22(10-28)3-4-22)41(39,40)19-2-1-15(35-13-29-11-31-35)7-17(19)36-14-30-12-32-36/h1-2,7,11-14,16,18H,3-6,8-9H2,(H,33,37). The van der Waals surface area contributed by atoms with Gasteiger partial charge in [0.2, 0.25) is 11.8 Å². The summed E-state index contributed by atoms with van der Waals surface area (Å²) in [6.07, 6.45) is -0.323. The lowest BCUT2D eigenvalue weighted by molar-refractivity contribution is -0.199. The van der Waals surface area contributed by atoms with E-state index < -0.39 is 75.9 Å². The highest BCUT2D eigenvalue weighted by atomic mass is 32.2. The third-order valence-corrected chi connectivity index (χ3v) is 10.1. The van der Waals surface area contributed by atoms with Gasteiger partial charge >= 0.3 is 6.18 Å². The molecular weight excluding hydrogens is 567 g/mol. The van der Waals surface area contributed by atoms with Gasteiger partial charge in [-0.15, -0.1) is 0 Å². The predicted molar refractivity (Wildman–Crippen MR) is 131 cm³/mol. The number of amides is 2. The molecule has 1 saturated heterocycles. The van der Waals surface area contributed by atoms with Crippen LogP contribution in [0.1, 0.15) is 32.1 Å². The Morgan fingerprint density at radius 3 is 2.24 bits per heavy atom. The van der Waals surface area contributed by atoms with E-state index in [2.05, 4.69) is 25.5 Å². The molecule has 0 spiro atoms. The first-order valence-corrected chi connectivity index (χ1v) is 14.1. The lowest BCUT2D eigenvalue weighted by Crippen LogP contribution is -2.53. The molecular formula is C24H22F3N9O4S. The smallest absolute Gasteiger partial charge is 0.336 e. The van der Waals surface area contributed by atoms with Crippen LogP contribution in [-0.4, -0.2) is 84.2 Å². The lowest BCUT2D eigenvalue weighted by Gasteiger charge is -2.29. The summed E-state index contributed by atoms with van der Waals surface area (Å²) in [6.45, 7) is -0.627. The number of hydrogen-bond donors (Lipinski definition) is 1. The van der Waals surface area contributed by atoms with Crippen molar-refractivity contribution >= 4 is 21.7 Å². The Hall–Kier alpha value is -4.33. The molecule has 1 N–H and O–H groups in total. The molecule has 3 fully saturated rings. The Morgan fingerprint density at radius 1 is 1.05 bits per heavy atom. The number of alkyl halides is 3. The van der Waals surface area contributed by atoms with Crippen LogP contribution in [0.15, 0.2) is 48.4 Å². The number of nitrogens with zero attached hydrogens (tertiary/aromatic N) is 8. The van der Waals surface area contributed by atoms with Gasteiger partial charge in [0.1, 0.15) is 42.3 Å². The molecule has 1 aromatic carbocycles. The van der Waals surface area contributed by atoms with E-state index >= 15 is 0 Å². The van der Waals surface area contributed by atoms with Crippen LogP contribution < -0.4 is 5.32 Å². The molecule has 0 bridgehead atoms. The number of sulfone groups is 1. The number of likely N-dealkylation sites (tertiary alicyclic amines) is 1. The van der Waals surface area contributed by atoms with Crippen molar-refractivity contribution in [2.45, 2.75) is 60.0 Å². The molecule has 2 atom stereocenters. The normalized spacial score (nSPS) is 22.6. The molecule has 13 nitrogen and oxygen atoms in total. The van der Waals surface area contributed by atoms with Crippen LogP contribution in [0.2, 0.25) is 0 Å². The molecule has 2 aliphatic carbocycles. The number of nitrogens with one attached hydrogen (secondary N) is 1. The van der Waals surface area contributed by atoms with Crippen molar-refractivity contribution in [3.63, 3.8) is 0 Å². The van der Waals surface area contributed by atoms with Crippen LogP contribution in [0.4, 0.5) is 13.2 Å². The van der Waals surface area contributed by atoms with E-state index in [-0.39, 0.29) is 10.6 Å².